The average Bonchev–Trinajstić information content (AvgIpc) is 2.96. The van der Waals surface area contributed by atoms with Crippen molar-refractivity contribution in [2.45, 2.75) is 83.8 Å². The van der Waals surface area contributed by atoms with Crippen LogP contribution in [-0.2, 0) is 4.79 Å². The molecule has 1 heterocycles. The molecule has 3 rings (SSSR count). The molecule has 0 radical (unpaired) electrons. The third-order valence-corrected chi connectivity index (χ3v) is 5.85. The molecule has 0 bridgehead atoms. The minimum Gasteiger partial charge on any atom is -0.325 e. The van der Waals surface area contributed by atoms with E-state index in [1.54, 1.807) is 0 Å². The van der Waals surface area contributed by atoms with Crippen LogP contribution in [0, 0.1) is 11.3 Å². The summed E-state index contributed by atoms with van der Waals surface area (Å²) in [7, 11) is 0. The second-order valence-electron chi connectivity index (χ2n) is 7.87. The van der Waals surface area contributed by atoms with Crippen molar-refractivity contribution in [1.82, 2.24) is 10.2 Å². The van der Waals surface area contributed by atoms with Gasteiger partial charge in [-0.2, -0.15) is 0 Å². The zero-order valence-corrected chi connectivity index (χ0v) is 13.4. The van der Waals surface area contributed by atoms with Crippen molar-refractivity contribution in [3.63, 3.8) is 0 Å². The van der Waals surface area contributed by atoms with Gasteiger partial charge < -0.3 is 4.90 Å². The monoisotopic (exact) mass is 278 g/mol. The van der Waals surface area contributed by atoms with Gasteiger partial charge in [-0.3, -0.25) is 10.1 Å². The van der Waals surface area contributed by atoms with Gasteiger partial charge in [0, 0.05) is 6.54 Å². The molecule has 1 saturated heterocycles. The van der Waals surface area contributed by atoms with Crippen molar-refractivity contribution in [2.24, 2.45) is 11.3 Å². The van der Waals surface area contributed by atoms with Gasteiger partial charge in [-0.25, -0.2) is 0 Å². The smallest absolute Gasteiger partial charge is 0.244 e. The summed E-state index contributed by atoms with van der Waals surface area (Å²) in [5.74, 6) is 1.04. The lowest BCUT2D eigenvalue weighted by molar-refractivity contribution is -0.132. The van der Waals surface area contributed by atoms with Gasteiger partial charge in [0.15, 0.2) is 0 Å². The van der Waals surface area contributed by atoms with Crippen molar-refractivity contribution in [3.8, 4) is 0 Å². The van der Waals surface area contributed by atoms with Crippen LogP contribution in [0.5, 0.6) is 0 Å². The van der Waals surface area contributed by atoms with E-state index >= 15 is 0 Å². The molecule has 0 aromatic heterocycles. The fourth-order valence-corrected chi connectivity index (χ4v) is 4.28. The molecule has 3 heteroatoms. The van der Waals surface area contributed by atoms with Gasteiger partial charge in [-0.05, 0) is 49.9 Å². The van der Waals surface area contributed by atoms with Gasteiger partial charge in [-0.15, -0.1) is 0 Å². The van der Waals surface area contributed by atoms with E-state index in [2.05, 4.69) is 31.0 Å². The van der Waals surface area contributed by atoms with Crippen LogP contribution in [0.4, 0.5) is 0 Å². The second-order valence-corrected chi connectivity index (χ2v) is 7.87. The van der Waals surface area contributed by atoms with Gasteiger partial charge in [0.25, 0.3) is 0 Å². The first-order valence-corrected chi connectivity index (χ1v) is 8.59. The molecule has 1 amide bonds. The largest absolute Gasteiger partial charge is 0.325 e. The topological polar surface area (TPSA) is 32.3 Å². The maximum absolute atomic E-state index is 12.8. The molecular weight excluding hydrogens is 248 g/mol. The average molecular weight is 278 g/mol. The van der Waals surface area contributed by atoms with E-state index in [-0.39, 0.29) is 11.7 Å². The Morgan fingerprint density at radius 3 is 2.40 bits per heavy atom. The van der Waals surface area contributed by atoms with Crippen LogP contribution < -0.4 is 5.32 Å². The highest BCUT2D eigenvalue weighted by atomic mass is 16.2. The lowest BCUT2D eigenvalue weighted by Crippen LogP contribution is -2.44. The lowest BCUT2D eigenvalue weighted by Gasteiger charge is -2.36. The highest BCUT2D eigenvalue weighted by Crippen LogP contribution is 2.47. The molecule has 1 atom stereocenters. The molecule has 1 unspecified atom stereocenters. The van der Waals surface area contributed by atoms with Crippen LogP contribution in [0.3, 0.4) is 0 Å². The highest BCUT2D eigenvalue weighted by molar-refractivity contribution is 5.91. The number of nitrogens with zero attached hydrogens (tertiary/aromatic N) is 1. The van der Waals surface area contributed by atoms with E-state index in [0.717, 1.165) is 25.8 Å². The van der Waals surface area contributed by atoms with Crippen LogP contribution in [0.1, 0.15) is 72.1 Å². The highest BCUT2D eigenvalue weighted by Gasteiger charge is 2.59. The summed E-state index contributed by atoms with van der Waals surface area (Å²) in [6.07, 6.45) is 10.0. The molecule has 1 N–H and O–H groups in total. The number of hydrogen-bond donors (Lipinski definition) is 1. The lowest BCUT2D eigenvalue weighted by atomic mass is 9.82. The molecule has 3 nitrogen and oxygen atoms in total. The third-order valence-electron chi connectivity index (χ3n) is 5.85. The molecule has 1 aliphatic heterocycles. The number of rotatable bonds is 5. The summed E-state index contributed by atoms with van der Waals surface area (Å²) < 4.78 is 0. The van der Waals surface area contributed by atoms with Crippen LogP contribution in [0.2, 0.25) is 0 Å². The van der Waals surface area contributed by atoms with Gasteiger partial charge in [0.2, 0.25) is 5.91 Å². The number of carbonyl (C=O) groups excluding carboxylic acids is 1. The maximum Gasteiger partial charge on any atom is 0.244 e. The molecule has 3 aliphatic rings. The quantitative estimate of drug-likeness (QED) is 0.837. The molecule has 2 aliphatic carbocycles. The standard InChI is InChI=1S/C17H30N2O/c1-4-16(7-5-6-8-16)12-19-14(11-13(2)3)18-17(9-10-17)15(19)20/h13-14,18H,4-12H2,1-3H3. The summed E-state index contributed by atoms with van der Waals surface area (Å²) >= 11 is 0. The zero-order valence-electron chi connectivity index (χ0n) is 13.4. The Morgan fingerprint density at radius 1 is 1.25 bits per heavy atom. The Kier molecular flexibility index (Phi) is 3.60. The summed E-state index contributed by atoms with van der Waals surface area (Å²) in [6, 6.07) is 0. The van der Waals surface area contributed by atoms with Crippen LogP contribution >= 0.6 is 0 Å². The fraction of sp³-hybridized carbons (Fsp3) is 0.941. The third kappa shape index (κ3) is 2.38. The number of nitrogens with one attached hydrogen (secondary N) is 1. The molecular formula is C17H30N2O. The van der Waals surface area contributed by atoms with E-state index < -0.39 is 0 Å². The summed E-state index contributed by atoms with van der Waals surface area (Å²) in [5.41, 5.74) is 0.264. The summed E-state index contributed by atoms with van der Waals surface area (Å²) in [5, 5.41) is 3.66. The summed E-state index contributed by atoms with van der Waals surface area (Å²) in [4.78, 5) is 15.0. The minimum atomic E-state index is -0.146. The number of hydrogen-bond acceptors (Lipinski definition) is 2. The molecule has 0 aromatic carbocycles. The van der Waals surface area contributed by atoms with E-state index in [4.69, 9.17) is 0 Å². The normalized spacial score (nSPS) is 30.7. The zero-order chi connectivity index (χ0) is 14.4. The first-order valence-electron chi connectivity index (χ1n) is 8.59. The predicted molar refractivity (Wildman–Crippen MR) is 81.2 cm³/mol. The van der Waals surface area contributed by atoms with Gasteiger partial charge >= 0.3 is 0 Å². The maximum atomic E-state index is 12.8. The Morgan fingerprint density at radius 2 is 1.90 bits per heavy atom. The Hall–Kier alpha value is -0.570. The van der Waals surface area contributed by atoms with Crippen LogP contribution in [-0.4, -0.2) is 29.1 Å². The number of amides is 1. The minimum absolute atomic E-state index is 0.146. The molecule has 1 spiro atoms. The molecule has 3 fully saturated rings. The van der Waals surface area contributed by atoms with Crippen LogP contribution in [0.25, 0.3) is 0 Å². The Labute approximate surface area is 123 Å². The molecule has 0 aromatic rings. The first kappa shape index (κ1) is 14.4. The van der Waals surface area contributed by atoms with Crippen molar-refractivity contribution < 1.29 is 4.79 Å². The van der Waals surface area contributed by atoms with Crippen LogP contribution in [0.15, 0.2) is 0 Å². The SMILES string of the molecule is CCC1(CN2C(=O)C3(CC3)NC2CC(C)C)CCCC1. The van der Waals surface area contributed by atoms with Gasteiger partial charge in [-0.1, -0.05) is 33.6 Å². The van der Waals surface area contributed by atoms with Crippen molar-refractivity contribution in [1.29, 1.82) is 0 Å². The van der Waals surface area contributed by atoms with Crippen molar-refractivity contribution >= 4 is 5.91 Å². The number of carbonyl (C=O) groups is 1. The fourth-order valence-electron chi connectivity index (χ4n) is 4.28. The van der Waals surface area contributed by atoms with E-state index in [1.807, 2.05) is 0 Å². The molecule has 2 saturated carbocycles. The molecule has 20 heavy (non-hydrogen) atoms. The first-order chi connectivity index (χ1) is 9.50. The van der Waals surface area contributed by atoms with E-state index in [0.29, 0.717) is 17.2 Å². The van der Waals surface area contributed by atoms with E-state index in [9.17, 15) is 4.79 Å². The Balaban J connectivity index is 1.75. The van der Waals surface area contributed by atoms with E-state index in [1.165, 1.54) is 32.1 Å². The molecule has 114 valence electrons. The van der Waals surface area contributed by atoms with Crippen molar-refractivity contribution in [3.05, 3.63) is 0 Å². The van der Waals surface area contributed by atoms with Gasteiger partial charge in [0.05, 0.1) is 11.7 Å². The predicted octanol–water partition coefficient (Wildman–Crippen LogP) is 3.29. The van der Waals surface area contributed by atoms with Crippen molar-refractivity contribution in [2.75, 3.05) is 6.54 Å². The second kappa shape index (κ2) is 5.01. The van der Waals surface area contributed by atoms with Gasteiger partial charge in [0.1, 0.15) is 0 Å². The Bertz CT molecular complexity index is 380. The summed E-state index contributed by atoms with van der Waals surface area (Å²) in [6.45, 7) is 7.82.